The molecule has 1 aromatic carbocycles. The Morgan fingerprint density at radius 2 is 1.88 bits per heavy atom. The van der Waals surface area contributed by atoms with Crippen LogP contribution in [0.3, 0.4) is 0 Å². The van der Waals surface area contributed by atoms with E-state index in [1.807, 2.05) is 12.1 Å². The second kappa shape index (κ2) is 9.88. The Kier molecular flexibility index (Phi) is 6.92. The SMILES string of the molecule is CCC1(CNc2ncc(C(F)(F)F)cn2)CCCCN1Cc1cccc(C=O)c1-n1nccn1. The van der Waals surface area contributed by atoms with E-state index in [1.54, 1.807) is 18.5 Å². The van der Waals surface area contributed by atoms with Gasteiger partial charge in [0, 0.05) is 36.6 Å². The Hall–Kier alpha value is -3.34. The quantitative estimate of drug-likeness (QED) is 0.492. The van der Waals surface area contributed by atoms with Crippen molar-refractivity contribution < 1.29 is 18.0 Å². The number of aromatic nitrogens is 5. The monoisotopic (exact) mass is 473 g/mol. The van der Waals surface area contributed by atoms with Gasteiger partial charge in [0.25, 0.3) is 0 Å². The molecule has 1 aliphatic heterocycles. The normalized spacial score (nSPS) is 19.2. The Balaban J connectivity index is 1.57. The number of carbonyl (C=O) groups is 1. The van der Waals surface area contributed by atoms with Gasteiger partial charge < -0.3 is 5.32 Å². The lowest BCUT2D eigenvalue weighted by molar-refractivity contribution is -0.138. The maximum Gasteiger partial charge on any atom is 0.419 e. The van der Waals surface area contributed by atoms with Crippen molar-refractivity contribution in [3.05, 3.63) is 59.7 Å². The second-order valence-electron chi connectivity index (χ2n) is 8.39. The Bertz CT molecular complexity index is 1100. The van der Waals surface area contributed by atoms with Crippen LogP contribution in [0, 0.1) is 0 Å². The number of likely N-dealkylation sites (tertiary alicyclic amines) is 1. The summed E-state index contributed by atoms with van der Waals surface area (Å²) in [5, 5.41) is 11.6. The molecule has 34 heavy (non-hydrogen) atoms. The summed E-state index contributed by atoms with van der Waals surface area (Å²) in [5.74, 6) is 0.163. The summed E-state index contributed by atoms with van der Waals surface area (Å²) >= 11 is 0. The highest BCUT2D eigenvalue weighted by Crippen LogP contribution is 2.34. The fourth-order valence-corrected chi connectivity index (χ4v) is 4.55. The van der Waals surface area contributed by atoms with Crippen LogP contribution in [-0.4, -0.2) is 54.8 Å². The molecule has 0 radical (unpaired) electrons. The largest absolute Gasteiger partial charge is 0.419 e. The van der Waals surface area contributed by atoms with Crippen LogP contribution in [0.1, 0.15) is 54.1 Å². The lowest BCUT2D eigenvalue weighted by Crippen LogP contribution is -2.55. The molecule has 0 aliphatic carbocycles. The van der Waals surface area contributed by atoms with Crippen LogP contribution in [0.4, 0.5) is 19.1 Å². The number of alkyl halides is 3. The molecule has 3 heterocycles. The zero-order chi connectivity index (χ0) is 24.2. The highest BCUT2D eigenvalue weighted by atomic mass is 19.4. The lowest BCUT2D eigenvalue weighted by Gasteiger charge is -2.47. The number of hydrogen-bond acceptors (Lipinski definition) is 7. The average molecular weight is 474 g/mol. The van der Waals surface area contributed by atoms with Gasteiger partial charge in [0.1, 0.15) is 5.69 Å². The maximum absolute atomic E-state index is 12.8. The predicted molar refractivity (Wildman–Crippen MR) is 120 cm³/mol. The first kappa shape index (κ1) is 23.8. The molecule has 0 bridgehead atoms. The summed E-state index contributed by atoms with van der Waals surface area (Å²) in [4.78, 5) is 23.3. The van der Waals surface area contributed by atoms with Crippen LogP contribution in [0.25, 0.3) is 5.69 Å². The van der Waals surface area contributed by atoms with E-state index in [1.165, 1.54) is 4.80 Å². The smallest absolute Gasteiger partial charge is 0.352 e. The van der Waals surface area contributed by atoms with Crippen LogP contribution < -0.4 is 5.32 Å². The van der Waals surface area contributed by atoms with Crippen LogP contribution in [0.2, 0.25) is 0 Å². The first-order chi connectivity index (χ1) is 16.4. The molecule has 0 saturated carbocycles. The number of benzene rings is 1. The van der Waals surface area contributed by atoms with E-state index in [4.69, 9.17) is 0 Å². The van der Waals surface area contributed by atoms with Gasteiger partial charge in [-0.1, -0.05) is 25.5 Å². The first-order valence-corrected chi connectivity index (χ1v) is 11.2. The topological polar surface area (TPSA) is 88.8 Å². The van der Waals surface area contributed by atoms with Gasteiger partial charge in [0.2, 0.25) is 5.95 Å². The van der Waals surface area contributed by atoms with Gasteiger partial charge in [-0.05, 0) is 37.4 Å². The lowest BCUT2D eigenvalue weighted by atomic mass is 9.83. The third-order valence-electron chi connectivity index (χ3n) is 6.46. The number of hydrogen-bond donors (Lipinski definition) is 1. The predicted octanol–water partition coefficient (Wildman–Crippen LogP) is 4.14. The van der Waals surface area contributed by atoms with Crippen molar-refractivity contribution in [2.24, 2.45) is 0 Å². The standard InChI is InChI=1S/C23H26F3N7O/c1-2-22(16-29-21-27-12-19(13-28-21)23(24,25)26)8-3-4-11-32(22)14-17-6-5-7-18(15-34)20(17)33-30-9-10-31-33/h5-7,9-10,12-13,15H,2-4,8,11,14,16H2,1H3,(H,27,28,29). The molecular weight excluding hydrogens is 447 g/mol. The van der Waals surface area contributed by atoms with E-state index in [9.17, 15) is 18.0 Å². The molecule has 1 N–H and O–H groups in total. The maximum atomic E-state index is 12.8. The second-order valence-corrected chi connectivity index (χ2v) is 8.39. The first-order valence-electron chi connectivity index (χ1n) is 11.2. The van der Waals surface area contributed by atoms with Gasteiger partial charge in [-0.25, -0.2) is 9.97 Å². The number of piperidine rings is 1. The summed E-state index contributed by atoms with van der Waals surface area (Å²) in [5.41, 5.74) is 0.945. The number of carbonyl (C=O) groups excluding carboxylic acids is 1. The van der Waals surface area contributed by atoms with E-state index >= 15 is 0 Å². The van der Waals surface area contributed by atoms with Crippen molar-refractivity contribution in [2.75, 3.05) is 18.4 Å². The van der Waals surface area contributed by atoms with Gasteiger partial charge in [-0.3, -0.25) is 9.69 Å². The molecule has 180 valence electrons. The summed E-state index contributed by atoms with van der Waals surface area (Å²) in [6, 6.07) is 5.55. The van der Waals surface area contributed by atoms with Crippen LogP contribution in [-0.2, 0) is 12.7 Å². The highest BCUT2D eigenvalue weighted by molar-refractivity contribution is 5.81. The van der Waals surface area contributed by atoms with Crippen molar-refractivity contribution in [2.45, 2.75) is 50.9 Å². The Morgan fingerprint density at radius 1 is 1.15 bits per heavy atom. The zero-order valence-corrected chi connectivity index (χ0v) is 18.8. The average Bonchev–Trinajstić information content (AvgIpc) is 3.38. The molecule has 1 saturated heterocycles. The molecular formula is C23H26F3N7O. The third kappa shape index (κ3) is 4.93. The molecule has 11 heteroatoms. The van der Waals surface area contributed by atoms with E-state index in [2.05, 4.69) is 37.3 Å². The van der Waals surface area contributed by atoms with Crippen LogP contribution in [0.5, 0.6) is 0 Å². The number of rotatable bonds is 8. The number of para-hydroxylation sites is 1. The van der Waals surface area contributed by atoms with E-state index in [0.717, 1.165) is 56.5 Å². The Morgan fingerprint density at radius 3 is 2.53 bits per heavy atom. The summed E-state index contributed by atoms with van der Waals surface area (Å²) < 4.78 is 38.5. The van der Waals surface area contributed by atoms with Gasteiger partial charge >= 0.3 is 6.18 Å². The number of aldehydes is 1. The van der Waals surface area contributed by atoms with E-state index in [0.29, 0.717) is 24.3 Å². The number of anilines is 1. The number of nitrogens with one attached hydrogen (secondary N) is 1. The fraction of sp³-hybridized carbons (Fsp3) is 0.435. The molecule has 8 nitrogen and oxygen atoms in total. The third-order valence-corrected chi connectivity index (χ3v) is 6.46. The molecule has 4 rings (SSSR count). The molecule has 1 aliphatic rings. The van der Waals surface area contributed by atoms with Gasteiger partial charge in [0.05, 0.1) is 18.0 Å². The minimum atomic E-state index is -4.47. The van der Waals surface area contributed by atoms with Gasteiger partial charge in [-0.15, -0.1) is 0 Å². The molecule has 1 unspecified atom stereocenters. The van der Waals surface area contributed by atoms with Crippen molar-refractivity contribution in [1.82, 2.24) is 29.9 Å². The molecule has 2 aromatic heterocycles. The Labute approximate surface area is 195 Å². The van der Waals surface area contributed by atoms with Crippen molar-refractivity contribution in [3.8, 4) is 5.69 Å². The molecule has 3 aromatic rings. The minimum absolute atomic E-state index is 0.163. The molecule has 1 atom stereocenters. The minimum Gasteiger partial charge on any atom is -0.352 e. The number of nitrogens with zero attached hydrogens (tertiary/aromatic N) is 6. The van der Waals surface area contributed by atoms with Crippen LogP contribution >= 0.6 is 0 Å². The molecule has 0 spiro atoms. The molecule has 0 amide bonds. The zero-order valence-electron chi connectivity index (χ0n) is 18.8. The summed E-state index contributed by atoms with van der Waals surface area (Å²) in [6.45, 7) is 4.01. The summed E-state index contributed by atoms with van der Waals surface area (Å²) in [6.07, 6.45) is 4.86. The van der Waals surface area contributed by atoms with Crippen molar-refractivity contribution in [1.29, 1.82) is 0 Å². The van der Waals surface area contributed by atoms with Crippen molar-refractivity contribution >= 4 is 12.2 Å². The van der Waals surface area contributed by atoms with E-state index in [-0.39, 0.29) is 11.5 Å². The van der Waals surface area contributed by atoms with Gasteiger partial charge in [-0.2, -0.15) is 28.2 Å². The van der Waals surface area contributed by atoms with E-state index < -0.39 is 11.7 Å². The highest BCUT2D eigenvalue weighted by Gasteiger charge is 2.38. The number of halogens is 3. The van der Waals surface area contributed by atoms with Crippen molar-refractivity contribution in [3.63, 3.8) is 0 Å². The van der Waals surface area contributed by atoms with Crippen LogP contribution in [0.15, 0.2) is 43.0 Å². The van der Waals surface area contributed by atoms with Gasteiger partial charge in [0.15, 0.2) is 6.29 Å². The fourth-order valence-electron chi connectivity index (χ4n) is 4.55. The molecule has 1 fully saturated rings. The summed E-state index contributed by atoms with van der Waals surface area (Å²) in [7, 11) is 0.